The molecule has 3 amide bonds. The number of rotatable bonds is 7. The van der Waals surface area contributed by atoms with Gasteiger partial charge in [-0.3, -0.25) is 19.5 Å². The Labute approximate surface area is 256 Å². The number of piperidine rings is 1. The summed E-state index contributed by atoms with van der Waals surface area (Å²) in [5.41, 5.74) is 2.11. The Hall–Kier alpha value is -3.08. The van der Waals surface area contributed by atoms with Gasteiger partial charge in [0.05, 0.1) is 27.6 Å². The highest BCUT2D eigenvalue weighted by molar-refractivity contribution is 9.10. The molecular weight excluding hydrogens is 633 g/mol. The fourth-order valence-electron chi connectivity index (χ4n) is 5.36. The molecule has 2 fully saturated rings. The van der Waals surface area contributed by atoms with Gasteiger partial charge in [0.2, 0.25) is 5.91 Å². The lowest BCUT2D eigenvalue weighted by Gasteiger charge is -2.32. The number of nitrogens with zero attached hydrogens (tertiary/aromatic N) is 2. The summed E-state index contributed by atoms with van der Waals surface area (Å²) in [5, 5.41) is 13.7. The molecule has 1 saturated heterocycles. The number of halogens is 3. The van der Waals surface area contributed by atoms with Gasteiger partial charge in [0.25, 0.3) is 0 Å². The first kappa shape index (κ1) is 29.4. The Morgan fingerprint density at radius 2 is 1.85 bits per heavy atom. The molecule has 2 heterocycles. The average molecular weight is 663 g/mol. The molecule has 1 saturated carbocycles. The Bertz CT molecular complexity index is 1440. The van der Waals surface area contributed by atoms with Crippen molar-refractivity contribution in [2.45, 2.75) is 51.0 Å². The van der Waals surface area contributed by atoms with Crippen LogP contribution in [0.3, 0.4) is 0 Å². The summed E-state index contributed by atoms with van der Waals surface area (Å²) < 4.78 is 6.79. The van der Waals surface area contributed by atoms with Gasteiger partial charge in [-0.1, -0.05) is 58.0 Å². The average Bonchev–Trinajstić information content (AvgIpc) is 3.67. The zero-order valence-electron chi connectivity index (χ0n) is 22.2. The summed E-state index contributed by atoms with van der Waals surface area (Å²) in [7, 11) is 0. The number of aromatic amines is 1. The number of amides is 3. The van der Waals surface area contributed by atoms with Gasteiger partial charge >= 0.3 is 11.8 Å². The Morgan fingerprint density at radius 3 is 2.63 bits per heavy atom. The third-order valence-corrected chi connectivity index (χ3v) is 8.78. The molecule has 1 aromatic heterocycles. The normalized spacial score (nSPS) is 17.3. The lowest BCUT2D eigenvalue weighted by atomic mass is 9.93. The first-order valence-electron chi connectivity index (χ1n) is 13.6. The summed E-state index contributed by atoms with van der Waals surface area (Å²) in [6.07, 6.45) is 7.12. The third kappa shape index (κ3) is 7.23. The van der Waals surface area contributed by atoms with Crippen LogP contribution >= 0.6 is 39.1 Å². The minimum Gasteiger partial charge on any atom is -0.457 e. The summed E-state index contributed by atoms with van der Waals surface area (Å²) >= 11 is 15.6. The van der Waals surface area contributed by atoms with Gasteiger partial charge in [-0.15, -0.1) is 0 Å². The Balaban J connectivity index is 1.20. The number of benzene rings is 2. The number of carbonyl (C=O) groups is 3. The van der Waals surface area contributed by atoms with Crippen molar-refractivity contribution in [1.82, 2.24) is 20.4 Å². The second kappa shape index (κ2) is 13.3. The number of hydrogen-bond donors (Lipinski definition) is 3. The van der Waals surface area contributed by atoms with Gasteiger partial charge < -0.3 is 20.3 Å². The summed E-state index contributed by atoms with van der Waals surface area (Å²) in [4.78, 5) is 40.3. The molecule has 12 heteroatoms. The number of aromatic nitrogens is 2. The van der Waals surface area contributed by atoms with Crippen molar-refractivity contribution in [3.8, 4) is 11.5 Å². The Kier molecular flexibility index (Phi) is 9.52. The second-order valence-corrected chi connectivity index (χ2v) is 12.1. The van der Waals surface area contributed by atoms with Crippen LogP contribution in [0.1, 0.15) is 55.7 Å². The number of nitrogens with one attached hydrogen (secondary N) is 3. The minimum absolute atomic E-state index is 0.0173. The summed E-state index contributed by atoms with van der Waals surface area (Å²) in [6, 6.07) is 10.3. The van der Waals surface area contributed by atoms with E-state index in [1.165, 1.54) is 0 Å². The van der Waals surface area contributed by atoms with Crippen LogP contribution in [0.4, 0.5) is 5.69 Å². The molecule has 2 aliphatic rings. The smallest absolute Gasteiger partial charge is 0.311 e. The second-order valence-electron chi connectivity index (χ2n) is 10.4. The molecule has 1 atom stereocenters. The molecule has 0 radical (unpaired) electrons. The van der Waals surface area contributed by atoms with Crippen LogP contribution in [0.5, 0.6) is 11.5 Å². The quantitative estimate of drug-likeness (QED) is 0.253. The van der Waals surface area contributed by atoms with Crippen molar-refractivity contribution in [2.24, 2.45) is 5.92 Å². The first-order chi connectivity index (χ1) is 19.8. The Morgan fingerprint density at radius 1 is 1.05 bits per heavy atom. The topological polar surface area (TPSA) is 116 Å². The molecule has 3 N–H and O–H groups in total. The predicted molar refractivity (Wildman–Crippen MR) is 160 cm³/mol. The third-order valence-electron chi connectivity index (χ3n) is 7.55. The fraction of sp³-hybridized carbons (Fsp3) is 0.379. The molecule has 2 aromatic carbocycles. The highest BCUT2D eigenvalue weighted by Gasteiger charge is 2.31. The first-order valence-corrected chi connectivity index (χ1v) is 15.2. The fourth-order valence-corrected chi connectivity index (χ4v) is 5.99. The van der Waals surface area contributed by atoms with Crippen LogP contribution in [-0.2, 0) is 20.9 Å². The van der Waals surface area contributed by atoms with E-state index in [-0.39, 0.29) is 24.3 Å². The number of hydrogen-bond acceptors (Lipinski definition) is 5. The van der Waals surface area contributed by atoms with Crippen LogP contribution in [0.25, 0.3) is 0 Å². The molecule has 216 valence electrons. The molecule has 5 rings (SSSR count). The maximum atomic E-state index is 13.1. The molecule has 9 nitrogen and oxygen atoms in total. The zero-order valence-corrected chi connectivity index (χ0v) is 25.3. The molecule has 3 aromatic rings. The van der Waals surface area contributed by atoms with Crippen molar-refractivity contribution in [2.75, 3.05) is 18.4 Å². The van der Waals surface area contributed by atoms with Crippen LogP contribution in [0.15, 0.2) is 47.1 Å². The van der Waals surface area contributed by atoms with Gasteiger partial charge in [-0.05, 0) is 49.9 Å². The maximum Gasteiger partial charge on any atom is 0.311 e. The lowest BCUT2D eigenvalue weighted by Crippen LogP contribution is -2.46. The molecule has 0 spiro atoms. The van der Waals surface area contributed by atoms with Crippen LogP contribution < -0.4 is 15.4 Å². The standard InChI is InChI=1S/C29H30BrCl2N5O4/c30-20-8-7-18(25(12-20)41-21-9-10-22(31)23(32)13-21)14-33-28(39)29(40)37-11-3-6-19(16-37)26-24(15-34-36-26)35-27(38)17-4-1-2-5-17/h7-10,12-13,15,17,19H,1-6,11,14,16H2,(H,33,39)(H,34,36)(H,35,38). The van der Waals surface area contributed by atoms with Gasteiger partial charge in [-0.2, -0.15) is 5.10 Å². The molecular formula is C29H30BrCl2N5O4. The predicted octanol–water partition coefficient (Wildman–Crippen LogP) is 6.42. The molecule has 0 bridgehead atoms. The number of anilines is 1. The van der Waals surface area contributed by atoms with E-state index in [2.05, 4.69) is 36.8 Å². The van der Waals surface area contributed by atoms with Crippen molar-refractivity contribution in [1.29, 1.82) is 0 Å². The lowest BCUT2D eigenvalue weighted by molar-refractivity contribution is -0.146. The molecule has 1 aliphatic carbocycles. The highest BCUT2D eigenvalue weighted by atomic mass is 79.9. The molecule has 1 aliphatic heterocycles. The van der Waals surface area contributed by atoms with E-state index in [4.69, 9.17) is 27.9 Å². The van der Waals surface area contributed by atoms with Gasteiger partial charge in [0.15, 0.2) is 0 Å². The van der Waals surface area contributed by atoms with E-state index in [1.807, 2.05) is 6.07 Å². The van der Waals surface area contributed by atoms with E-state index in [0.717, 1.165) is 48.7 Å². The van der Waals surface area contributed by atoms with Crippen LogP contribution in [0.2, 0.25) is 10.0 Å². The molecule has 1 unspecified atom stereocenters. The van der Waals surface area contributed by atoms with Gasteiger partial charge in [0, 0.05) is 47.6 Å². The summed E-state index contributed by atoms with van der Waals surface area (Å²) in [5.74, 6) is -0.342. The van der Waals surface area contributed by atoms with Crippen molar-refractivity contribution in [3.05, 3.63) is 68.4 Å². The summed E-state index contributed by atoms with van der Waals surface area (Å²) in [6.45, 7) is 0.916. The maximum absolute atomic E-state index is 13.1. The van der Waals surface area contributed by atoms with Crippen molar-refractivity contribution in [3.63, 3.8) is 0 Å². The van der Waals surface area contributed by atoms with E-state index in [1.54, 1.807) is 41.4 Å². The largest absolute Gasteiger partial charge is 0.457 e. The SMILES string of the molecule is O=C(NCc1ccc(Br)cc1Oc1ccc(Cl)c(Cl)c1)C(=O)N1CCCC(c2[nH]ncc2NC(=O)C2CCCC2)C1. The van der Waals surface area contributed by atoms with Crippen LogP contribution in [0, 0.1) is 5.92 Å². The van der Waals surface area contributed by atoms with Crippen molar-refractivity contribution < 1.29 is 19.1 Å². The number of H-pyrrole nitrogens is 1. The van der Waals surface area contributed by atoms with Crippen molar-refractivity contribution >= 4 is 62.5 Å². The van der Waals surface area contributed by atoms with Gasteiger partial charge in [0.1, 0.15) is 11.5 Å². The van der Waals surface area contributed by atoms with E-state index < -0.39 is 11.8 Å². The monoisotopic (exact) mass is 661 g/mol. The number of ether oxygens (including phenoxy) is 1. The molecule has 41 heavy (non-hydrogen) atoms. The van der Waals surface area contributed by atoms with Crippen LogP contribution in [-0.4, -0.2) is 45.9 Å². The van der Waals surface area contributed by atoms with E-state index in [9.17, 15) is 14.4 Å². The number of carbonyl (C=O) groups excluding carboxylic acids is 3. The highest BCUT2D eigenvalue weighted by Crippen LogP contribution is 2.34. The van der Waals surface area contributed by atoms with E-state index >= 15 is 0 Å². The minimum atomic E-state index is -0.701. The number of likely N-dealkylation sites (tertiary alicyclic amines) is 1. The van der Waals surface area contributed by atoms with E-state index in [0.29, 0.717) is 45.9 Å². The van der Waals surface area contributed by atoms with Gasteiger partial charge in [-0.25, -0.2) is 0 Å². The zero-order chi connectivity index (χ0) is 28.9.